The minimum atomic E-state index is -0.0875. The molecule has 0 aliphatic rings. The lowest BCUT2D eigenvalue weighted by Crippen LogP contribution is -2.27. The summed E-state index contributed by atoms with van der Waals surface area (Å²) in [5.74, 6) is 0.692. The molecule has 0 fully saturated rings. The standard InChI is InChI=1S/C22H18Cl2N4O/c1-27(22(29)15-8-10-25-11-9-15)14-21-26-19-4-2-3-5-20(19)28(21)13-16-6-7-17(23)12-18(16)24/h2-12H,13-14H2,1H3. The number of aromatic nitrogens is 3. The van der Waals surface area contributed by atoms with Crippen LogP contribution in [0.2, 0.25) is 10.0 Å². The molecule has 0 saturated carbocycles. The van der Waals surface area contributed by atoms with E-state index in [9.17, 15) is 4.79 Å². The van der Waals surface area contributed by atoms with Crippen molar-refractivity contribution in [1.29, 1.82) is 0 Å². The van der Waals surface area contributed by atoms with Gasteiger partial charge in [-0.1, -0.05) is 41.4 Å². The molecule has 0 N–H and O–H groups in total. The van der Waals surface area contributed by atoms with Crippen LogP contribution in [0.4, 0.5) is 0 Å². The second-order valence-electron chi connectivity index (χ2n) is 6.74. The number of carbonyl (C=O) groups excluding carboxylic acids is 1. The van der Waals surface area contributed by atoms with E-state index < -0.39 is 0 Å². The smallest absolute Gasteiger partial charge is 0.254 e. The summed E-state index contributed by atoms with van der Waals surface area (Å²) in [6.45, 7) is 0.893. The van der Waals surface area contributed by atoms with E-state index in [1.54, 1.807) is 42.5 Å². The van der Waals surface area contributed by atoms with Crippen molar-refractivity contribution in [2.24, 2.45) is 0 Å². The van der Waals surface area contributed by atoms with Gasteiger partial charge in [-0.15, -0.1) is 0 Å². The Labute approximate surface area is 178 Å². The van der Waals surface area contributed by atoms with Crippen LogP contribution in [0.3, 0.4) is 0 Å². The van der Waals surface area contributed by atoms with E-state index in [2.05, 4.69) is 9.55 Å². The van der Waals surface area contributed by atoms with E-state index in [1.165, 1.54) is 0 Å². The molecule has 146 valence electrons. The lowest BCUT2D eigenvalue weighted by molar-refractivity contribution is 0.0780. The summed E-state index contributed by atoms with van der Waals surface area (Å²) >= 11 is 12.4. The molecule has 0 aliphatic carbocycles. The molecule has 0 saturated heterocycles. The Balaban J connectivity index is 1.69. The number of rotatable bonds is 5. The highest BCUT2D eigenvalue weighted by atomic mass is 35.5. The first-order valence-electron chi connectivity index (χ1n) is 9.06. The maximum Gasteiger partial charge on any atom is 0.254 e. The van der Waals surface area contributed by atoms with Crippen molar-refractivity contribution in [3.8, 4) is 0 Å². The molecule has 0 spiro atoms. The molecule has 7 heteroatoms. The third-order valence-electron chi connectivity index (χ3n) is 4.73. The third-order valence-corrected chi connectivity index (χ3v) is 5.32. The molecule has 2 aromatic carbocycles. The fourth-order valence-corrected chi connectivity index (χ4v) is 3.71. The number of carbonyl (C=O) groups is 1. The predicted molar refractivity (Wildman–Crippen MR) is 115 cm³/mol. The minimum Gasteiger partial charge on any atom is -0.334 e. The maximum atomic E-state index is 12.8. The quantitative estimate of drug-likeness (QED) is 0.449. The van der Waals surface area contributed by atoms with Gasteiger partial charge in [0, 0.05) is 35.1 Å². The van der Waals surface area contributed by atoms with Gasteiger partial charge in [0.2, 0.25) is 0 Å². The molecule has 2 heterocycles. The topological polar surface area (TPSA) is 51.0 Å². The van der Waals surface area contributed by atoms with Crippen LogP contribution >= 0.6 is 23.2 Å². The van der Waals surface area contributed by atoms with Crippen LogP contribution in [0.25, 0.3) is 11.0 Å². The summed E-state index contributed by atoms with van der Waals surface area (Å²) in [6.07, 6.45) is 3.22. The van der Waals surface area contributed by atoms with Crippen LogP contribution in [0.15, 0.2) is 67.0 Å². The highest BCUT2D eigenvalue weighted by Crippen LogP contribution is 2.25. The minimum absolute atomic E-state index is 0.0875. The van der Waals surface area contributed by atoms with Crippen LogP contribution in [0, 0.1) is 0 Å². The van der Waals surface area contributed by atoms with E-state index in [0.29, 0.717) is 28.7 Å². The first kappa shape index (κ1) is 19.4. The number of hydrogen-bond acceptors (Lipinski definition) is 3. The van der Waals surface area contributed by atoms with Gasteiger partial charge >= 0.3 is 0 Å². The van der Waals surface area contributed by atoms with Gasteiger partial charge in [0.05, 0.1) is 24.1 Å². The number of benzene rings is 2. The lowest BCUT2D eigenvalue weighted by Gasteiger charge is -2.18. The van der Waals surface area contributed by atoms with E-state index in [4.69, 9.17) is 28.2 Å². The van der Waals surface area contributed by atoms with Gasteiger partial charge in [0.15, 0.2) is 0 Å². The van der Waals surface area contributed by atoms with Gasteiger partial charge in [-0.05, 0) is 42.0 Å². The first-order valence-corrected chi connectivity index (χ1v) is 9.82. The first-order chi connectivity index (χ1) is 14.0. The zero-order chi connectivity index (χ0) is 20.4. The zero-order valence-electron chi connectivity index (χ0n) is 15.7. The van der Waals surface area contributed by atoms with E-state index in [0.717, 1.165) is 22.4 Å². The number of imidazole rings is 1. The predicted octanol–water partition coefficient (Wildman–Crippen LogP) is 5.06. The van der Waals surface area contributed by atoms with Crippen LogP contribution in [0.5, 0.6) is 0 Å². The Morgan fingerprint density at radius 2 is 1.83 bits per heavy atom. The lowest BCUT2D eigenvalue weighted by atomic mass is 10.2. The van der Waals surface area contributed by atoms with E-state index in [1.807, 2.05) is 36.4 Å². The molecule has 2 aromatic heterocycles. The number of hydrogen-bond donors (Lipinski definition) is 0. The fourth-order valence-electron chi connectivity index (χ4n) is 3.24. The number of amides is 1. The zero-order valence-corrected chi connectivity index (χ0v) is 17.2. The van der Waals surface area contributed by atoms with Crippen LogP contribution in [0.1, 0.15) is 21.7 Å². The molecule has 5 nitrogen and oxygen atoms in total. The molecule has 0 atom stereocenters. The van der Waals surface area contributed by atoms with Gasteiger partial charge in [0.1, 0.15) is 5.82 Å². The van der Waals surface area contributed by atoms with Crippen molar-refractivity contribution in [2.45, 2.75) is 13.1 Å². The molecule has 0 bridgehead atoms. The monoisotopic (exact) mass is 424 g/mol. The second kappa shape index (κ2) is 8.23. The highest BCUT2D eigenvalue weighted by molar-refractivity contribution is 6.35. The molecule has 4 aromatic rings. The Bertz CT molecular complexity index is 1170. The molecular formula is C22H18Cl2N4O. The average Bonchev–Trinajstić information content (AvgIpc) is 3.07. The maximum absolute atomic E-state index is 12.8. The van der Waals surface area contributed by atoms with Crippen LogP contribution < -0.4 is 0 Å². The number of nitrogens with zero attached hydrogens (tertiary/aromatic N) is 4. The molecule has 0 unspecified atom stereocenters. The Kier molecular flexibility index (Phi) is 5.51. The molecule has 0 radical (unpaired) electrons. The molecular weight excluding hydrogens is 407 g/mol. The van der Waals surface area contributed by atoms with Crippen molar-refractivity contribution in [3.63, 3.8) is 0 Å². The van der Waals surface area contributed by atoms with E-state index >= 15 is 0 Å². The van der Waals surface area contributed by atoms with Crippen molar-refractivity contribution in [3.05, 3.63) is 94.0 Å². The number of pyridine rings is 1. The molecule has 4 rings (SSSR count). The summed E-state index contributed by atoms with van der Waals surface area (Å²) < 4.78 is 2.08. The number of para-hydroxylation sites is 2. The largest absolute Gasteiger partial charge is 0.334 e. The van der Waals surface area contributed by atoms with Crippen molar-refractivity contribution in [1.82, 2.24) is 19.4 Å². The van der Waals surface area contributed by atoms with Crippen molar-refractivity contribution >= 4 is 40.1 Å². The van der Waals surface area contributed by atoms with E-state index in [-0.39, 0.29) is 5.91 Å². The van der Waals surface area contributed by atoms with Gasteiger partial charge in [-0.25, -0.2) is 4.98 Å². The second-order valence-corrected chi connectivity index (χ2v) is 7.58. The Morgan fingerprint density at radius 1 is 1.07 bits per heavy atom. The molecule has 29 heavy (non-hydrogen) atoms. The fraction of sp³-hybridized carbons (Fsp3) is 0.136. The summed E-state index contributed by atoms with van der Waals surface area (Å²) in [4.78, 5) is 23.1. The van der Waals surface area contributed by atoms with Crippen molar-refractivity contribution in [2.75, 3.05) is 7.05 Å². The normalized spacial score (nSPS) is 11.0. The van der Waals surface area contributed by atoms with Gasteiger partial charge in [-0.2, -0.15) is 0 Å². The van der Waals surface area contributed by atoms with Gasteiger partial charge in [-0.3, -0.25) is 9.78 Å². The highest BCUT2D eigenvalue weighted by Gasteiger charge is 2.17. The van der Waals surface area contributed by atoms with Crippen molar-refractivity contribution < 1.29 is 4.79 Å². The van der Waals surface area contributed by atoms with Crippen LogP contribution in [-0.4, -0.2) is 32.4 Å². The third kappa shape index (κ3) is 4.11. The molecule has 1 amide bonds. The average molecular weight is 425 g/mol. The summed E-state index contributed by atoms with van der Waals surface area (Å²) in [5.41, 5.74) is 3.38. The summed E-state index contributed by atoms with van der Waals surface area (Å²) in [5, 5.41) is 1.19. The van der Waals surface area contributed by atoms with Gasteiger partial charge in [0.25, 0.3) is 5.91 Å². The summed E-state index contributed by atoms with van der Waals surface area (Å²) in [6, 6.07) is 16.8. The SMILES string of the molecule is CN(Cc1nc2ccccc2n1Cc1ccc(Cl)cc1Cl)C(=O)c1ccncc1. The van der Waals surface area contributed by atoms with Gasteiger partial charge < -0.3 is 9.47 Å². The Morgan fingerprint density at radius 3 is 2.59 bits per heavy atom. The Hall–Kier alpha value is -2.89. The molecule has 0 aliphatic heterocycles. The summed E-state index contributed by atoms with van der Waals surface area (Å²) in [7, 11) is 1.77. The number of fused-ring (bicyclic) bond motifs is 1. The number of halogens is 2. The van der Waals surface area contributed by atoms with Crippen LogP contribution in [-0.2, 0) is 13.1 Å².